The average molecular weight is 245 g/mol. The van der Waals surface area contributed by atoms with E-state index in [0.717, 1.165) is 0 Å². The fraction of sp³-hybridized carbons (Fsp3) is 0.333. The van der Waals surface area contributed by atoms with E-state index in [2.05, 4.69) is 15.0 Å². The lowest BCUT2D eigenvalue weighted by Crippen LogP contribution is -2.26. The Bertz CT molecular complexity index is 582. The zero-order valence-electron chi connectivity index (χ0n) is 7.97. The maximum atomic E-state index is 13.2. The van der Waals surface area contributed by atoms with Crippen LogP contribution in [0.3, 0.4) is 0 Å². The van der Waals surface area contributed by atoms with Crippen molar-refractivity contribution in [2.75, 3.05) is 0 Å². The molecule has 2 aromatic rings. The monoisotopic (exact) mass is 244 g/mol. The third-order valence-corrected chi connectivity index (χ3v) is 3.22. The first-order valence-electron chi connectivity index (χ1n) is 4.60. The lowest BCUT2D eigenvalue weighted by molar-refractivity contribution is 0.0894. The molecule has 4 nitrogen and oxygen atoms in total. The van der Waals surface area contributed by atoms with Gasteiger partial charge in [0.25, 0.3) is 5.92 Å². The van der Waals surface area contributed by atoms with Crippen LogP contribution in [0.2, 0.25) is 5.15 Å². The molecule has 1 atom stereocenters. The number of alkyl halides is 2. The summed E-state index contributed by atoms with van der Waals surface area (Å²) >= 11 is 5.86. The van der Waals surface area contributed by atoms with Crippen molar-refractivity contribution < 1.29 is 8.78 Å². The summed E-state index contributed by atoms with van der Waals surface area (Å²) in [5.41, 5.74) is 4.70. The summed E-state index contributed by atoms with van der Waals surface area (Å²) < 4.78 is 26.4. The zero-order chi connectivity index (χ0) is 11.6. The molecule has 0 spiro atoms. The van der Waals surface area contributed by atoms with Gasteiger partial charge in [-0.15, -0.1) is 0 Å². The number of aromatic amines is 1. The van der Waals surface area contributed by atoms with Gasteiger partial charge in [-0.05, 0) is 0 Å². The number of nitrogens with one attached hydrogen (secondary N) is 1. The van der Waals surface area contributed by atoms with Crippen molar-refractivity contribution in [3.63, 3.8) is 0 Å². The number of hydrogen-bond donors (Lipinski definition) is 2. The third-order valence-electron chi connectivity index (χ3n) is 2.93. The first-order chi connectivity index (χ1) is 7.46. The second-order valence-corrected chi connectivity index (χ2v) is 4.30. The van der Waals surface area contributed by atoms with Gasteiger partial charge in [0.1, 0.15) is 22.7 Å². The SMILES string of the molecule is NC1(c2c[nH]c3ncnc(Cl)c23)CC1(F)F. The molecule has 1 saturated carbocycles. The standard InChI is InChI=1S/C9H7ClF2N4/c10-6-5-4(8(13)2-9(8,11)12)1-14-7(5)16-3-15-6/h1,3H,2,13H2,(H,14,15,16). The van der Waals surface area contributed by atoms with Crippen molar-refractivity contribution in [1.82, 2.24) is 15.0 Å². The van der Waals surface area contributed by atoms with E-state index in [0.29, 0.717) is 11.0 Å². The first-order valence-corrected chi connectivity index (χ1v) is 4.98. The predicted octanol–water partition coefficient (Wildman–Crippen LogP) is 1.80. The van der Waals surface area contributed by atoms with Gasteiger partial charge in [0, 0.05) is 18.2 Å². The van der Waals surface area contributed by atoms with Crippen LogP contribution in [0.1, 0.15) is 12.0 Å². The van der Waals surface area contributed by atoms with Gasteiger partial charge in [-0.25, -0.2) is 18.7 Å². The number of nitrogens with two attached hydrogens (primary N) is 1. The number of halogens is 3. The summed E-state index contributed by atoms with van der Waals surface area (Å²) in [6.07, 6.45) is 2.31. The van der Waals surface area contributed by atoms with Crippen LogP contribution in [-0.2, 0) is 5.54 Å². The molecule has 0 radical (unpaired) electrons. The zero-order valence-corrected chi connectivity index (χ0v) is 8.72. The molecule has 1 aliphatic rings. The lowest BCUT2D eigenvalue weighted by Gasteiger charge is -2.08. The van der Waals surface area contributed by atoms with E-state index in [1.807, 2.05) is 0 Å². The summed E-state index contributed by atoms with van der Waals surface area (Å²) in [5.74, 6) is -2.89. The maximum Gasteiger partial charge on any atom is 0.272 e. The summed E-state index contributed by atoms with van der Waals surface area (Å²) in [6.45, 7) is 0. The van der Waals surface area contributed by atoms with Crippen molar-refractivity contribution in [2.45, 2.75) is 17.9 Å². The smallest absolute Gasteiger partial charge is 0.272 e. The molecular weight excluding hydrogens is 238 g/mol. The van der Waals surface area contributed by atoms with E-state index in [1.165, 1.54) is 12.5 Å². The Morgan fingerprint density at radius 1 is 1.44 bits per heavy atom. The molecule has 3 N–H and O–H groups in total. The Morgan fingerprint density at radius 3 is 2.75 bits per heavy atom. The molecule has 0 amide bonds. The van der Waals surface area contributed by atoms with Crippen LogP contribution in [0.5, 0.6) is 0 Å². The Labute approximate surface area is 93.8 Å². The van der Waals surface area contributed by atoms with Crippen LogP contribution >= 0.6 is 11.6 Å². The van der Waals surface area contributed by atoms with Crippen molar-refractivity contribution in [2.24, 2.45) is 5.73 Å². The van der Waals surface area contributed by atoms with Gasteiger partial charge in [0.2, 0.25) is 0 Å². The molecule has 2 heterocycles. The van der Waals surface area contributed by atoms with E-state index in [9.17, 15) is 8.78 Å². The molecular formula is C9H7ClF2N4. The topological polar surface area (TPSA) is 67.6 Å². The van der Waals surface area contributed by atoms with Crippen molar-refractivity contribution in [3.8, 4) is 0 Å². The minimum Gasteiger partial charge on any atom is -0.346 e. The molecule has 0 aromatic carbocycles. The minimum atomic E-state index is -2.89. The number of fused-ring (bicyclic) bond motifs is 1. The molecule has 3 rings (SSSR count). The van der Waals surface area contributed by atoms with Crippen molar-refractivity contribution >= 4 is 22.6 Å². The molecule has 1 fully saturated rings. The molecule has 84 valence electrons. The highest BCUT2D eigenvalue weighted by Crippen LogP contribution is 2.59. The predicted molar refractivity (Wildman–Crippen MR) is 54.3 cm³/mol. The lowest BCUT2D eigenvalue weighted by atomic mass is 10.1. The average Bonchev–Trinajstić information content (AvgIpc) is 2.62. The molecule has 0 saturated heterocycles. The van der Waals surface area contributed by atoms with Gasteiger partial charge < -0.3 is 10.7 Å². The molecule has 2 aromatic heterocycles. The van der Waals surface area contributed by atoms with Gasteiger partial charge >= 0.3 is 0 Å². The van der Waals surface area contributed by atoms with E-state index in [-0.39, 0.29) is 17.1 Å². The van der Waals surface area contributed by atoms with Crippen molar-refractivity contribution in [1.29, 1.82) is 0 Å². The van der Waals surface area contributed by atoms with Gasteiger partial charge in [0.05, 0.1) is 5.39 Å². The molecule has 16 heavy (non-hydrogen) atoms. The van der Waals surface area contributed by atoms with Crippen molar-refractivity contribution in [3.05, 3.63) is 23.2 Å². The number of nitrogens with zero attached hydrogens (tertiary/aromatic N) is 2. The highest BCUT2D eigenvalue weighted by molar-refractivity contribution is 6.34. The highest BCUT2D eigenvalue weighted by atomic mass is 35.5. The highest BCUT2D eigenvalue weighted by Gasteiger charge is 2.70. The minimum absolute atomic E-state index is 0.133. The normalized spacial score (nSPS) is 27.2. The quantitative estimate of drug-likeness (QED) is 0.752. The first kappa shape index (κ1) is 9.92. The Hall–Kier alpha value is -1.27. The molecule has 1 aliphatic carbocycles. The number of aromatic nitrogens is 3. The Morgan fingerprint density at radius 2 is 2.12 bits per heavy atom. The van der Waals surface area contributed by atoms with Crippen LogP contribution in [-0.4, -0.2) is 20.9 Å². The van der Waals surface area contributed by atoms with E-state index in [1.54, 1.807) is 0 Å². The summed E-state index contributed by atoms with van der Waals surface area (Å²) in [7, 11) is 0. The van der Waals surface area contributed by atoms with E-state index in [4.69, 9.17) is 17.3 Å². The molecule has 1 unspecified atom stereocenters. The van der Waals surface area contributed by atoms with Crippen LogP contribution in [0.25, 0.3) is 11.0 Å². The largest absolute Gasteiger partial charge is 0.346 e. The number of hydrogen-bond acceptors (Lipinski definition) is 3. The van der Waals surface area contributed by atoms with E-state index >= 15 is 0 Å². The van der Waals surface area contributed by atoms with Gasteiger partial charge in [-0.1, -0.05) is 11.6 Å². The van der Waals surface area contributed by atoms with Crippen LogP contribution in [0.15, 0.2) is 12.5 Å². The molecule has 7 heteroatoms. The van der Waals surface area contributed by atoms with Crippen LogP contribution in [0.4, 0.5) is 8.78 Å². The molecule has 0 bridgehead atoms. The maximum absolute atomic E-state index is 13.2. The van der Waals surface area contributed by atoms with Gasteiger partial charge in [-0.3, -0.25) is 0 Å². The summed E-state index contributed by atoms with van der Waals surface area (Å²) in [6, 6.07) is 0. The molecule has 0 aliphatic heterocycles. The second-order valence-electron chi connectivity index (χ2n) is 3.94. The third kappa shape index (κ3) is 1.06. The summed E-state index contributed by atoms with van der Waals surface area (Å²) in [4.78, 5) is 10.4. The fourth-order valence-corrected chi connectivity index (χ4v) is 2.11. The number of rotatable bonds is 1. The van der Waals surface area contributed by atoms with Crippen LogP contribution in [0, 0.1) is 0 Å². The van der Waals surface area contributed by atoms with E-state index < -0.39 is 11.5 Å². The Kier molecular flexibility index (Phi) is 1.67. The second kappa shape index (κ2) is 2.70. The Balaban J connectivity index is 2.27. The van der Waals surface area contributed by atoms with Gasteiger partial charge in [-0.2, -0.15) is 0 Å². The van der Waals surface area contributed by atoms with Crippen LogP contribution < -0.4 is 5.73 Å². The number of H-pyrrole nitrogens is 1. The van der Waals surface area contributed by atoms with Gasteiger partial charge in [0.15, 0.2) is 0 Å². The fourth-order valence-electron chi connectivity index (χ4n) is 1.88. The summed E-state index contributed by atoms with van der Waals surface area (Å²) in [5, 5.41) is 0.512.